The second kappa shape index (κ2) is 6.09. The van der Waals surface area contributed by atoms with Crippen molar-refractivity contribution in [1.82, 2.24) is 10.6 Å². The highest BCUT2D eigenvalue weighted by Crippen LogP contribution is 2.36. The van der Waals surface area contributed by atoms with Gasteiger partial charge in [-0.2, -0.15) is 0 Å². The Hall–Kier alpha value is -0.770. The SMILES string of the molecule is C[C@H](CCO)NC(=O)NCC1(C)CCCC1. The lowest BCUT2D eigenvalue weighted by Crippen LogP contribution is -2.44. The molecule has 0 saturated heterocycles. The molecule has 0 unspecified atom stereocenters. The second-order valence-corrected chi connectivity index (χ2v) is 5.26. The van der Waals surface area contributed by atoms with Crippen molar-refractivity contribution in [3.8, 4) is 0 Å². The fourth-order valence-electron chi connectivity index (χ4n) is 2.24. The van der Waals surface area contributed by atoms with Crippen molar-refractivity contribution in [1.29, 1.82) is 0 Å². The Morgan fingerprint density at radius 2 is 2.06 bits per heavy atom. The summed E-state index contributed by atoms with van der Waals surface area (Å²) in [6.45, 7) is 4.99. The minimum absolute atomic E-state index is 0.0291. The highest BCUT2D eigenvalue weighted by Gasteiger charge is 2.28. The zero-order valence-corrected chi connectivity index (χ0v) is 10.4. The third kappa shape index (κ3) is 4.39. The first-order valence-electron chi connectivity index (χ1n) is 6.21. The fraction of sp³-hybridized carbons (Fsp3) is 0.917. The van der Waals surface area contributed by atoms with E-state index in [0.717, 1.165) is 6.54 Å². The molecule has 2 amide bonds. The predicted molar refractivity (Wildman–Crippen MR) is 64.3 cm³/mol. The van der Waals surface area contributed by atoms with Crippen molar-refractivity contribution in [3.05, 3.63) is 0 Å². The minimum Gasteiger partial charge on any atom is -0.396 e. The molecule has 16 heavy (non-hydrogen) atoms. The number of carbonyl (C=O) groups excluding carboxylic acids is 1. The Labute approximate surface area is 97.8 Å². The van der Waals surface area contributed by atoms with Crippen molar-refractivity contribution in [2.45, 2.75) is 52.0 Å². The van der Waals surface area contributed by atoms with Crippen LogP contribution in [0.2, 0.25) is 0 Å². The van der Waals surface area contributed by atoms with E-state index in [9.17, 15) is 4.79 Å². The molecule has 0 aliphatic heterocycles. The molecule has 0 aromatic rings. The first-order valence-corrected chi connectivity index (χ1v) is 6.21. The highest BCUT2D eigenvalue weighted by molar-refractivity contribution is 5.74. The first kappa shape index (κ1) is 13.3. The molecule has 1 aliphatic rings. The fourth-order valence-corrected chi connectivity index (χ4v) is 2.24. The largest absolute Gasteiger partial charge is 0.396 e. The number of carbonyl (C=O) groups is 1. The lowest BCUT2D eigenvalue weighted by atomic mass is 9.89. The van der Waals surface area contributed by atoms with Crippen LogP contribution in [0, 0.1) is 5.41 Å². The average Bonchev–Trinajstić information content (AvgIpc) is 2.63. The van der Waals surface area contributed by atoms with Crippen LogP contribution in [0.15, 0.2) is 0 Å². The van der Waals surface area contributed by atoms with E-state index in [2.05, 4.69) is 17.6 Å². The summed E-state index contributed by atoms with van der Waals surface area (Å²) in [6, 6.07) is -0.0875. The van der Waals surface area contributed by atoms with Crippen LogP contribution in [0.4, 0.5) is 4.79 Å². The molecule has 0 aromatic carbocycles. The van der Waals surface area contributed by atoms with Gasteiger partial charge in [-0.25, -0.2) is 4.79 Å². The molecule has 1 rings (SSSR count). The van der Waals surface area contributed by atoms with E-state index in [1.807, 2.05) is 6.92 Å². The topological polar surface area (TPSA) is 61.4 Å². The van der Waals surface area contributed by atoms with E-state index in [1.54, 1.807) is 0 Å². The lowest BCUT2D eigenvalue weighted by molar-refractivity contribution is 0.223. The molecular formula is C12H24N2O2. The van der Waals surface area contributed by atoms with Gasteiger partial charge in [-0.05, 0) is 31.6 Å². The lowest BCUT2D eigenvalue weighted by Gasteiger charge is -2.24. The van der Waals surface area contributed by atoms with Gasteiger partial charge in [-0.3, -0.25) is 0 Å². The zero-order chi connectivity index (χ0) is 12.0. The standard InChI is InChI=1S/C12H24N2O2/c1-10(5-8-15)14-11(16)13-9-12(2)6-3-4-7-12/h10,15H,3-9H2,1-2H3,(H2,13,14,16)/t10-/m1/s1. The van der Waals surface area contributed by atoms with E-state index < -0.39 is 0 Å². The molecule has 0 spiro atoms. The summed E-state index contributed by atoms with van der Waals surface area (Å²) >= 11 is 0. The number of urea groups is 1. The maximum atomic E-state index is 11.5. The van der Waals surface area contributed by atoms with Crippen LogP contribution in [0.3, 0.4) is 0 Å². The number of hydrogen-bond donors (Lipinski definition) is 3. The van der Waals surface area contributed by atoms with Crippen LogP contribution in [-0.2, 0) is 0 Å². The zero-order valence-electron chi connectivity index (χ0n) is 10.4. The van der Waals surface area contributed by atoms with Gasteiger partial charge in [0, 0.05) is 19.2 Å². The Morgan fingerprint density at radius 1 is 1.44 bits per heavy atom. The van der Waals surface area contributed by atoms with Gasteiger partial charge in [0.15, 0.2) is 0 Å². The second-order valence-electron chi connectivity index (χ2n) is 5.26. The molecule has 4 nitrogen and oxygen atoms in total. The number of hydrogen-bond acceptors (Lipinski definition) is 2. The molecule has 0 radical (unpaired) electrons. The van der Waals surface area contributed by atoms with Gasteiger partial charge in [0.25, 0.3) is 0 Å². The number of amides is 2. The monoisotopic (exact) mass is 228 g/mol. The van der Waals surface area contributed by atoms with Crippen LogP contribution >= 0.6 is 0 Å². The van der Waals surface area contributed by atoms with Gasteiger partial charge in [-0.15, -0.1) is 0 Å². The average molecular weight is 228 g/mol. The van der Waals surface area contributed by atoms with Gasteiger partial charge in [0.2, 0.25) is 0 Å². The molecule has 3 N–H and O–H groups in total. The maximum Gasteiger partial charge on any atom is 0.315 e. The van der Waals surface area contributed by atoms with Crippen LogP contribution < -0.4 is 10.6 Å². The van der Waals surface area contributed by atoms with Gasteiger partial charge < -0.3 is 15.7 Å². The predicted octanol–water partition coefficient (Wildman–Crippen LogP) is 1.64. The van der Waals surface area contributed by atoms with E-state index in [4.69, 9.17) is 5.11 Å². The smallest absolute Gasteiger partial charge is 0.315 e. The van der Waals surface area contributed by atoms with Crippen molar-refractivity contribution >= 4 is 6.03 Å². The molecule has 0 aromatic heterocycles. The van der Waals surface area contributed by atoms with Crippen molar-refractivity contribution < 1.29 is 9.90 Å². The molecule has 4 heteroatoms. The molecule has 1 atom stereocenters. The minimum atomic E-state index is -0.117. The number of rotatable bonds is 5. The van der Waals surface area contributed by atoms with E-state index in [-0.39, 0.29) is 24.1 Å². The highest BCUT2D eigenvalue weighted by atomic mass is 16.3. The Bertz CT molecular complexity index is 225. The van der Waals surface area contributed by atoms with Gasteiger partial charge in [0.05, 0.1) is 0 Å². The van der Waals surface area contributed by atoms with Gasteiger partial charge in [0.1, 0.15) is 0 Å². The summed E-state index contributed by atoms with van der Waals surface area (Å²) < 4.78 is 0. The van der Waals surface area contributed by atoms with E-state index >= 15 is 0 Å². The summed E-state index contributed by atoms with van der Waals surface area (Å²) in [7, 11) is 0. The molecule has 0 heterocycles. The molecule has 0 bridgehead atoms. The van der Waals surface area contributed by atoms with Crippen LogP contribution in [0.5, 0.6) is 0 Å². The molecule has 1 aliphatic carbocycles. The van der Waals surface area contributed by atoms with E-state index in [1.165, 1.54) is 25.7 Å². The van der Waals surface area contributed by atoms with Gasteiger partial charge in [-0.1, -0.05) is 19.8 Å². The summed E-state index contributed by atoms with van der Waals surface area (Å²) in [4.78, 5) is 11.5. The van der Waals surface area contributed by atoms with Crippen molar-refractivity contribution in [2.24, 2.45) is 5.41 Å². The Balaban J connectivity index is 2.19. The molecule has 1 saturated carbocycles. The third-order valence-corrected chi connectivity index (χ3v) is 3.43. The summed E-state index contributed by atoms with van der Waals surface area (Å²) in [5.41, 5.74) is 0.289. The van der Waals surface area contributed by atoms with Crippen molar-refractivity contribution in [3.63, 3.8) is 0 Å². The number of aliphatic hydroxyl groups is 1. The van der Waals surface area contributed by atoms with Crippen LogP contribution in [0.1, 0.15) is 46.0 Å². The van der Waals surface area contributed by atoms with Crippen molar-refractivity contribution in [2.75, 3.05) is 13.2 Å². The maximum absolute atomic E-state index is 11.5. The summed E-state index contributed by atoms with van der Waals surface area (Å²) in [6.07, 6.45) is 5.57. The van der Waals surface area contributed by atoms with Crippen LogP contribution in [0.25, 0.3) is 0 Å². The van der Waals surface area contributed by atoms with Crippen LogP contribution in [-0.4, -0.2) is 30.3 Å². The van der Waals surface area contributed by atoms with Gasteiger partial charge >= 0.3 is 6.03 Å². The number of nitrogens with one attached hydrogen (secondary N) is 2. The third-order valence-electron chi connectivity index (χ3n) is 3.43. The number of aliphatic hydroxyl groups excluding tert-OH is 1. The Kier molecular flexibility index (Phi) is 5.06. The molecular weight excluding hydrogens is 204 g/mol. The molecule has 94 valence electrons. The first-order chi connectivity index (χ1) is 7.56. The summed E-state index contributed by atoms with van der Waals surface area (Å²) in [5.74, 6) is 0. The summed E-state index contributed by atoms with van der Waals surface area (Å²) in [5, 5.41) is 14.5. The Morgan fingerprint density at radius 3 is 2.62 bits per heavy atom. The van der Waals surface area contributed by atoms with E-state index in [0.29, 0.717) is 6.42 Å². The quantitative estimate of drug-likeness (QED) is 0.670. The normalized spacial score (nSPS) is 20.4. The molecule has 1 fully saturated rings.